The number of nitrogens with zero attached hydrogens (tertiary/aromatic N) is 2. The van der Waals surface area contributed by atoms with Crippen molar-refractivity contribution in [2.45, 2.75) is 6.54 Å². The molecule has 2 N–H and O–H groups in total. The van der Waals surface area contributed by atoms with Crippen LogP contribution in [0.1, 0.15) is 5.82 Å². The van der Waals surface area contributed by atoms with E-state index in [9.17, 15) is 14.4 Å². The van der Waals surface area contributed by atoms with Crippen molar-refractivity contribution in [1.82, 2.24) is 19.5 Å². The quantitative estimate of drug-likeness (QED) is 0.681. The van der Waals surface area contributed by atoms with Gasteiger partial charge in [0.15, 0.2) is 0 Å². The summed E-state index contributed by atoms with van der Waals surface area (Å²) in [5, 5.41) is 1.78. The molecular formula is C11H8N4O3S. The van der Waals surface area contributed by atoms with E-state index in [4.69, 9.17) is 0 Å². The smallest absolute Gasteiger partial charge is 0.308 e. The molecule has 96 valence electrons. The maximum atomic E-state index is 11.8. The van der Waals surface area contributed by atoms with E-state index in [-0.39, 0.29) is 12.1 Å². The highest BCUT2D eigenvalue weighted by Gasteiger charge is 2.06. The Morgan fingerprint density at radius 2 is 2.05 bits per heavy atom. The van der Waals surface area contributed by atoms with Gasteiger partial charge in [0.05, 0.1) is 12.1 Å². The van der Waals surface area contributed by atoms with Gasteiger partial charge in [-0.3, -0.25) is 19.1 Å². The number of hydrogen-bond acceptors (Lipinski definition) is 5. The van der Waals surface area contributed by atoms with Crippen molar-refractivity contribution in [3.8, 4) is 0 Å². The second-order valence-corrected chi connectivity index (χ2v) is 4.80. The van der Waals surface area contributed by atoms with E-state index in [1.807, 2.05) is 0 Å². The lowest BCUT2D eigenvalue weighted by Gasteiger charge is -2.03. The molecule has 3 aromatic rings. The highest BCUT2D eigenvalue weighted by molar-refractivity contribution is 7.17. The van der Waals surface area contributed by atoms with E-state index in [0.717, 1.165) is 0 Å². The number of fused-ring (bicyclic) bond motifs is 1. The monoisotopic (exact) mass is 276 g/mol. The number of aromatic nitrogens is 4. The molecule has 0 aliphatic heterocycles. The van der Waals surface area contributed by atoms with Crippen molar-refractivity contribution in [2.75, 3.05) is 0 Å². The summed E-state index contributed by atoms with van der Waals surface area (Å²) in [6.45, 7) is 0.0939. The molecule has 3 heterocycles. The van der Waals surface area contributed by atoms with E-state index in [2.05, 4.69) is 15.0 Å². The molecule has 0 aromatic carbocycles. The Bertz CT molecular complexity index is 918. The van der Waals surface area contributed by atoms with Crippen LogP contribution in [0.5, 0.6) is 0 Å². The van der Waals surface area contributed by atoms with E-state index in [1.54, 1.807) is 11.4 Å². The standard InChI is InChI=1S/C11H8N4O3S/c16-8-1-3-15(11(18)14-8)5-7-12-6-2-4-19-9(6)10(17)13-7/h1-4H,5H2,(H,12,13,17)(H,14,16,18). The van der Waals surface area contributed by atoms with Crippen LogP contribution in [0.4, 0.5) is 0 Å². The summed E-state index contributed by atoms with van der Waals surface area (Å²) in [7, 11) is 0. The Labute approximate surface area is 109 Å². The maximum absolute atomic E-state index is 11.8. The Morgan fingerprint density at radius 3 is 2.84 bits per heavy atom. The van der Waals surface area contributed by atoms with E-state index >= 15 is 0 Å². The van der Waals surface area contributed by atoms with Crippen molar-refractivity contribution < 1.29 is 0 Å². The molecule has 8 heteroatoms. The van der Waals surface area contributed by atoms with Gasteiger partial charge in [-0.05, 0) is 11.4 Å². The zero-order valence-electron chi connectivity index (χ0n) is 9.54. The molecule has 3 aromatic heterocycles. The van der Waals surface area contributed by atoms with E-state index in [1.165, 1.54) is 28.2 Å². The molecule has 0 saturated carbocycles. The van der Waals surface area contributed by atoms with Gasteiger partial charge in [-0.2, -0.15) is 0 Å². The molecule has 0 amide bonds. The van der Waals surface area contributed by atoms with E-state index in [0.29, 0.717) is 16.0 Å². The summed E-state index contributed by atoms with van der Waals surface area (Å²) in [6, 6.07) is 2.98. The van der Waals surface area contributed by atoms with Crippen molar-refractivity contribution in [1.29, 1.82) is 0 Å². The molecule has 0 radical (unpaired) electrons. The van der Waals surface area contributed by atoms with Crippen molar-refractivity contribution >= 4 is 21.6 Å². The van der Waals surface area contributed by atoms with Gasteiger partial charge in [0.2, 0.25) is 0 Å². The third-order valence-corrected chi connectivity index (χ3v) is 3.48. The average molecular weight is 276 g/mol. The Morgan fingerprint density at radius 1 is 1.21 bits per heavy atom. The zero-order chi connectivity index (χ0) is 13.4. The lowest BCUT2D eigenvalue weighted by Crippen LogP contribution is -2.29. The van der Waals surface area contributed by atoms with Gasteiger partial charge < -0.3 is 4.98 Å². The summed E-state index contributed by atoms with van der Waals surface area (Å²) < 4.78 is 1.82. The van der Waals surface area contributed by atoms with Gasteiger partial charge in [0, 0.05) is 12.3 Å². The minimum absolute atomic E-state index is 0.0939. The number of nitrogens with one attached hydrogen (secondary N) is 2. The summed E-state index contributed by atoms with van der Waals surface area (Å²) in [6.07, 6.45) is 1.36. The van der Waals surface area contributed by atoms with Crippen LogP contribution >= 0.6 is 11.3 Å². The molecule has 0 spiro atoms. The summed E-state index contributed by atoms with van der Waals surface area (Å²) in [5.41, 5.74) is -0.634. The summed E-state index contributed by atoms with van der Waals surface area (Å²) >= 11 is 1.31. The topological polar surface area (TPSA) is 101 Å². The summed E-state index contributed by atoms with van der Waals surface area (Å²) in [4.78, 5) is 43.3. The fraction of sp³-hybridized carbons (Fsp3) is 0.0909. The molecule has 0 bridgehead atoms. The van der Waals surface area contributed by atoms with Gasteiger partial charge in [0.1, 0.15) is 10.5 Å². The SMILES string of the molecule is O=c1ccn(Cc2nc3ccsc3c(=O)[nH]2)c(=O)[nH]1. The molecule has 0 atom stereocenters. The first-order valence-electron chi connectivity index (χ1n) is 5.40. The van der Waals surface area contributed by atoms with Crippen LogP contribution in [0.2, 0.25) is 0 Å². The lowest BCUT2D eigenvalue weighted by atomic mass is 10.4. The van der Waals surface area contributed by atoms with Crippen LogP contribution in [0.25, 0.3) is 10.2 Å². The number of hydrogen-bond donors (Lipinski definition) is 2. The average Bonchev–Trinajstić information content (AvgIpc) is 2.81. The molecule has 0 saturated heterocycles. The van der Waals surface area contributed by atoms with Crippen LogP contribution in [0.15, 0.2) is 38.1 Å². The molecule has 0 aliphatic rings. The number of rotatable bonds is 2. The fourth-order valence-electron chi connectivity index (χ4n) is 1.73. The lowest BCUT2D eigenvalue weighted by molar-refractivity contribution is 0.686. The van der Waals surface area contributed by atoms with Crippen molar-refractivity contribution in [3.63, 3.8) is 0 Å². The number of H-pyrrole nitrogens is 2. The van der Waals surface area contributed by atoms with Crippen LogP contribution in [-0.2, 0) is 6.54 Å². The maximum Gasteiger partial charge on any atom is 0.328 e. The highest BCUT2D eigenvalue weighted by Crippen LogP contribution is 2.13. The van der Waals surface area contributed by atoms with Crippen LogP contribution < -0.4 is 16.8 Å². The fourth-order valence-corrected chi connectivity index (χ4v) is 2.45. The van der Waals surface area contributed by atoms with E-state index < -0.39 is 11.2 Å². The summed E-state index contributed by atoms with van der Waals surface area (Å²) in [5.74, 6) is 0.366. The first-order valence-corrected chi connectivity index (χ1v) is 6.27. The van der Waals surface area contributed by atoms with Crippen molar-refractivity contribution in [3.05, 3.63) is 60.7 Å². The van der Waals surface area contributed by atoms with Crippen LogP contribution in [0, 0.1) is 0 Å². The molecular weight excluding hydrogens is 268 g/mol. The van der Waals surface area contributed by atoms with Crippen molar-refractivity contribution in [2.24, 2.45) is 0 Å². The minimum atomic E-state index is -0.541. The van der Waals surface area contributed by atoms with Gasteiger partial charge in [-0.1, -0.05) is 0 Å². The van der Waals surface area contributed by atoms with Gasteiger partial charge in [0.25, 0.3) is 11.1 Å². The third kappa shape index (κ3) is 2.13. The second-order valence-electron chi connectivity index (χ2n) is 3.89. The second kappa shape index (κ2) is 4.32. The van der Waals surface area contributed by atoms with Gasteiger partial charge in [-0.15, -0.1) is 11.3 Å². The molecule has 7 nitrogen and oxygen atoms in total. The van der Waals surface area contributed by atoms with Crippen LogP contribution in [0.3, 0.4) is 0 Å². The number of thiophene rings is 1. The number of aromatic amines is 2. The molecule has 0 unspecified atom stereocenters. The molecule has 0 aliphatic carbocycles. The minimum Gasteiger partial charge on any atom is -0.308 e. The largest absolute Gasteiger partial charge is 0.328 e. The highest BCUT2D eigenvalue weighted by atomic mass is 32.1. The Hall–Kier alpha value is -2.48. The normalized spacial score (nSPS) is 10.9. The predicted molar refractivity (Wildman–Crippen MR) is 70.7 cm³/mol. The molecule has 19 heavy (non-hydrogen) atoms. The molecule has 0 fully saturated rings. The van der Waals surface area contributed by atoms with Crippen LogP contribution in [-0.4, -0.2) is 19.5 Å². The van der Waals surface area contributed by atoms with Gasteiger partial charge >= 0.3 is 5.69 Å². The predicted octanol–water partition coefficient (Wildman–Crippen LogP) is -0.117. The van der Waals surface area contributed by atoms with Gasteiger partial charge in [-0.25, -0.2) is 9.78 Å². The third-order valence-electron chi connectivity index (χ3n) is 2.58. The zero-order valence-corrected chi connectivity index (χ0v) is 10.4. The first-order chi connectivity index (χ1) is 9.13. The Balaban J connectivity index is 2.08. The Kier molecular flexibility index (Phi) is 2.64. The first kappa shape index (κ1) is 11.6. The molecule has 3 rings (SSSR count).